The molecule has 1 saturated carbocycles. The maximum atomic E-state index is 12.2. The first-order valence-electron chi connectivity index (χ1n) is 8.19. The van der Waals surface area contributed by atoms with Crippen molar-refractivity contribution in [3.63, 3.8) is 0 Å². The minimum atomic E-state index is -0.0359. The third-order valence-corrected chi connectivity index (χ3v) is 4.08. The van der Waals surface area contributed by atoms with Gasteiger partial charge < -0.3 is 15.8 Å². The second kappa shape index (κ2) is 8.85. The van der Waals surface area contributed by atoms with Crippen molar-refractivity contribution in [3.8, 4) is 0 Å². The van der Waals surface area contributed by atoms with Gasteiger partial charge in [0.25, 0.3) is 0 Å². The first-order chi connectivity index (χ1) is 10.7. The van der Waals surface area contributed by atoms with Crippen LogP contribution in [0.2, 0.25) is 0 Å². The van der Waals surface area contributed by atoms with Crippen LogP contribution in [0.3, 0.4) is 0 Å². The summed E-state index contributed by atoms with van der Waals surface area (Å²) >= 11 is 0. The molecule has 0 saturated heterocycles. The summed E-state index contributed by atoms with van der Waals surface area (Å²) in [5.41, 5.74) is 6.14. The van der Waals surface area contributed by atoms with E-state index in [-0.39, 0.29) is 24.0 Å². The molecule has 1 fully saturated rings. The van der Waals surface area contributed by atoms with E-state index < -0.39 is 0 Å². The first-order valence-corrected chi connectivity index (χ1v) is 8.19. The Balaban J connectivity index is 1.63. The van der Waals surface area contributed by atoms with Gasteiger partial charge in [0.2, 0.25) is 5.91 Å². The lowest BCUT2D eigenvalue weighted by molar-refractivity contribution is -0.127. The van der Waals surface area contributed by atoms with Crippen molar-refractivity contribution in [2.45, 2.75) is 57.7 Å². The van der Waals surface area contributed by atoms with E-state index in [1.54, 1.807) is 10.9 Å². The van der Waals surface area contributed by atoms with Crippen molar-refractivity contribution in [1.82, 2.24) is 20.3 Å². The fourth-order valence-corrected chi connectivity index (χ4v) is 2.84. The van der Waals surface area contributed by atoms with Crippen molar-refractivity contribution in [2.24, 2.45) is 11.7 Å². The van der Waals surface area contributed by atoms with Gasteiger partial charge in [-0.3, -0.25) is 9.48 Å². The summed E-state index contributed by atoms with van der Waals surface area (Å²) in [6, 6.07) is -0.0359. The lowest BCUT2D eigenvalue weighted by Gasteiger charge is -2.33. The Morgan fingerprint density at radius 1 is 1.50 bits per heavy atom. The topological polar surface area (TPSA) is 95.1 Å². The Bertz CT molecular complexity index is 437. The van der Waals surface area contributed by atoms with E-state index in [0.29, 0.717) is 13.0 Å². The molecular weight excluding hydrogens is 282 g/mol. The molecular formula is C15H27N5O2. The Morgan fingerprint density at radius 2 is 2.36 bits per heavy atom. The van der Waals surface area contributed by atoms with Crippen molar-refractivity contribution < 1.29 is 9.53 Å². The van der Waals surface area contributed by atoms with Gasteiger partial charge in [0.1, 0.15) is 0 Å². The fraction of sp³-hybridized carbons (Fsp3) is 0.800. The number of aromatic nitrogens is 3. The second-order valence-corrected chi connectivity index (χ2v) is 5.89. The highest BCUT2D eigenvalue weighted by molar-refractivity contribution is 5.78. The van der Waals surface area contributed by atoms with Crippen molar-refractivity contribution in [1.29, 1.82) is 0 Å². The summed E-state index contributed by atoms with van der Waals surface area (Å²) in [6.45, 7) is 4.25. The molecule has 124 valence electrons. The number of nitrogens with two attached hydrogens (primary N) is 1. The lowest BCUT2D eigenvalue weighted by atomic mass is 9.83. The average Bonchev–Trinajstić information content (AvgIpc) is 3.03. The van der Waals surface area contributed by atoms with Gasteiger partial charge in [-0.1, -0.05) is 12.1 Å². The monoisotopic (exact) mass is 309 g/mol. The van der Waals surface area contributed by atoms with Crippen LogP contribution < -0.4 is 11.1 Å². The molecule has 0 bridgehead atoms. The molecule has 1 aromatic heterocycles. The zero-order valence-corrected chi connectivity index (χ0v) is 13.3. The van der Waals surface area contributed by atoms with E-state index in [9.17, 15) is 4.79 Å². The molecule has 1 aromatic rings. The van der Waals surface area contributed by atoms with Crippen molar-refractivity contribution >= 4 is 5.91 Å². The molecule has 3 N–H and O–H groups in total. The number of ether oxygens (including phenoxy) is 1. The van der Waals surface area contributed by atoms with E-state index in [4.69, 9.17) is 10.5 Å². The van der Waals surface area contributed by atoms with Gasteiger partial charge in [0.15, 0.2) is 0 Å². The average molecular weight is 309 g/mol. The Morgan fingerprint density at radius 3 is 3.05 bits per heavy atom. The summed E-state index contributed by atoms with van der Waals surface area (Å²) in [6.07, 6.45) is 7.86. The van der Waals surface area contributed by atoms with Crippen LogP contribution >= 0.6 is 0 Å². The molecule has 2 rings (SSSR count). The third-order valence-electron chi connectivity index (χ3n) is 4.08. The number of amides is 1. The standard InChI is InChI=1S/C15H27N5O2/c1-2-10-22-14-5-4-12(11-13(14)16)15(21)17-6-3-8-20-9-7-18-19-20/h7,9,12-14H,2-6,8,10-11,16H2,1H3,(H,17,21)/t12-,13+,14+/m0/s1. The van der Waals surface area contributed by atoms with Gasteiger partial charge in [-0.25, -0.2) is 0 Å². The van der Waals surface area contributed by atoms with Crippen LogP contribution in [0.1, 0.15) is 39.0 Å². The fourth-order valence-electron chi connectivity index (χ4n) is 2.84. The third kappa shape index (κ3) is 5.06. The Labute approximate surface area is 131 Å². The summed E-state index contributed by atoms with van der Waals surface area (Å²) in [4.78, 5) is 12.2. The van der Waals surface area contributed by atoms with Crippen LogP contribution in [0.25, 0.3) is 0 Å². The van der Waals surface area contributed by atoms with Gasteiger partial charge >= 0.3 is 0 Å². The van der Waals surface area contributed by atoms with Gasteiger partial charge in [-0.15, -0.1) is 5.10 Å². The molecule has 1 amide bonds. The zero-order valence-electron chi connectivity index (χ0n) is 13.3. The van der Waals surface area contributed by atoms with Gasteiger partial charge in [0.05, 0.1) is 12.3 Å². The van der Waals surface area contributed by atoms with E-state index in [1.807, 2.05) is 6.20 Å². The van der Waals surface area contributed by atoms with E-state index >= 15 is 0 Å². The Kier molecular flexibility index (Phi) is 6.79. The van der Waals surface area contributed by atoms with Crippen molar-refractivity contribution in [3.05, 3.63) is 12.4 Å². The van der Waals surface area contributed by atoms with Gasteiger partial charge in [-0.2, -0.15) is 0 Å². The van der Waals surface area contributed by atoms with Crippen LogP contribution in [-0.2, 0) is 16.1 Å². The maximum Gasteiger partial charge on any atom is 0.223 e. The minimum absolute atomic E-state index is 0.0165. The quantitative estimate of drug-likeness (QED) is 0.690. The van der Waals surface area contributed by atoms with Crippen LogP contribution in [0.5, 0.6) is 0 Å². The molecule has 7 heteroatoms. The predicted octanol–water partition coefficient (Wildman–Crippen LogP) is 0.707. The Hall–Kier alpha value is -1.47. The van der Waals surface area contributed by atoms with Crippen LogP contribution in [0.15, 0.2) is 12.4 Å². The summed E-state index contributed by atoms with van der Waals surface area (Å²) < 4.78 is 7.50. The molecule has 1 aliphatic carbocycles. The van der Waals surface area contributed by atoms with E-state index in [0.717, 1.165) is 38.8 Å². The highest BCUT2D eigenvalue weighted by Crippen LogP contribution is 2.25. The largest absolute Gasteiger partial charge is 0.377 e. The molecule has 1 heterocycles. The highest BCUT2D eigenvalue weighted by atomic mass is 16.5. The summed E-state index contributed by atoms with van der Waals surface area (Å²) in [5.74, 6) is 0.130. The number of carbonyl (C=O) groups is 1. The minimum Gasteiger partial charge on any atom is -0.377 e. The van der Waals surface area contributed by atoms with Crippen LogP contribution in [-0.4, -0.2) is 46.2 Å². The molecule has 0 aliphatic heterocycles. The lowest BCUT2D eigenvalue weighted by Crippen LogP contribution is -2.46. The molecule has 7 nitrogen and oxygen atoms in total. The molecule has 1 aliphatic rings. The van der Waals surface area contributed by atoms with Crippen molar-refractivity contribution in [2.75, 3.05) is 13.2 Å². The summed E-state index contributed by atoms with van der Waals surface area (Å²) in [7, 11) is 0. The molecule has 0 radical (unpaired) electrons. The first kappa shape index (κ1) is 16.9. The number of aryl methyl sites for hydroxylation is 1. The van der Waals surface area contributed by atoms with Crippen LogP contribution in [0.4, 0.5) is 0 Å². The molecule has 22 heavy (non-hydrogen) atoms. The summed E-state index contributed by atoms with van der Waals surface area (Å²) in [5, 5.41) is 10.6. The van der Waals surface area contributed by atoms with E-state index in [2.05, 4.69) is 22.6 Å². The molecule has 0 spiro atoms. The number of nitrogens with zero attached hydrogens (tertiary/aromatic N) is 3. The van der Waals surface area contributed by atoms with Gasteiger partial charge in [-0.05, 0) is 32.1 Å². The number of hydrogen-bond acceptors (Lipinski definition) is 5. The normalized spacial score (nSPS) is 25.1. The van der Waals surface area contributed by atoms with Gasteiger partial charge in [0, 0.05) is 37.9 Å². The number of carbonyl (C=O) groups excluding carboxylic acids is 1. The van der Waals surface area contributed by atoms with Crippen LogP contribution in [0, 0.1) is 5.92 Å². The molecule has 0 aromatic carbocycles. The second-order valence-electron chi connectivity index (χ2n) is 5.89. The predicted molar refractivity (Wildman–Crippen MR) is 83.0 cm³/mol. The highest BCUT2D eigenvalue weighted by Gasteiger charge is 2.32. The smallest absolute Gasteiger partial charge is 0.223 e. The zero-order chi connectivity index (χ0) is 15.8. The molecule has 0 unspecified atom stereocenters. The maximum absolute atomic E-state index is 12.2. The number of nitrogens with one attached hydrogen (secondary N) is 1. The van der Waals surface area contributed by atoms with E-state index in [1.165, 1.54) is 0 Å². The number of rotatable bonds is 8. The number of hydrogen-bond donors (Lipinski definition) is 2. The SMILES string of the molecule is CCCO[C@@H]1CC[C@H](C(=O)NCCCn2ccnn2)C[C@H]1N. The molecule has 3 atom stereocenters.